The van der Waals surface area contributed by atoms with E-state index in [4.69, 9.17) is 23.2 Å². The van der Waals surface area contributed by atoms with Crippen molar-refractivity contribution in [2.45, 2.75) is 19.8 Å². The van der Waals surface area contributed by atoms with Gasteiger partial charge in [-0.25, -0.2) is 0 Å². The van der Waals surface area contributed by atoms with Gasteiger partial charge in [0.05, 0.1) is 10.7 Å². The summed E-state index contributed by atoms with van der Waals surface area (Å²) in [5, 5.41) is 13.0. The summed E-state index contributed by atoms with van der Waals surface area (Å²) in [6.45, 7) is 2.98. The summed E-state index contributed by atoms with van der Waals surface area (Å²) >= 11 is 11.7. The van der Waals surface area contributed by atoms with Crippen LogP contribution in [0.15, 0.2) is 12.1 Å². The number of hydrogen-bond donors (Lipinski definition) is 2. The molecule has 0 aliphatic heterocycles. The zero-order chi connectivity index (χ0) is 10.6. The molecule has 1 aromatic rings. The summed E-state index contributed by atoms with van der Waals surface area (Å²) in [5.41, 5.74) is 0.767. The third kappa shape index (κ3) is 2.69. The normalized spacial score (nSPS) is 10.2. The number of unbranched alkanes of at least 4 members (excludes halogenated alkanes) is 1. The van der Waals surface area contributed by atoms with Gasteiger partial charge >= 0.3 is 0 Å². The van der Waals surface area contributed by atoms with Gasteiger partial charge in [0.15, 0.2) is 0 Å². The van der Waals surface area contributed by atoms with Gasteiger partial charge in [-0.2, -0.15) is 0 Å². The Morgan fingerprint density at radius 2 is 2.00 bits per heavy atom. The first-order valence-corrected chi connectivity index (χ1v) is 5.33. The number of phenolic OH excluding ortho intramolecular Hbond substituents is 1. The maximum Gasteiger partial charge on any atom is 0.135 e. The number of hydrogen-bond acceptors (Lipinski definition) is 2. The van der Waals surface area contributed by atoms with Crippen molar-refractivity contribution in [1.82, 2.24) is 0 Å². The Bertz CT molecular complexity index is 315. The van der Waals surface area contributed by atoms with Gasteiger partial charge in [0, 0.05) is 6.54 Å². The average Bonchev–Trinajstić information content (AvgIpc) is 2.18. The molecular weight excluding hydrogens is 221 g/mol. The van der Waals surface area contributed by atoms with Gasteiger partial charge in [-0.3, -0.25) is 0 Å². The highest BCUT2D eigenvalue weighted by Gasteiger charge is 2.08. The van der Waals surface area contributed by atoms with Crippen LogP contribution in [0.3, 0.4) is 0 Å². The summed E-state index contributed by atoms with van der Waals surface area (Å²) in [7, 11) is 0. The first-order valence-electron chi connectivity index (χ1n) is 4.57. The van der Waals surface area contributed by atoms with Crippen LogP contribution in [0.25, 0.3) is 0 Å². The van der Waals surface area contributed by atoms with E-state index in [-0.39, 0.29) is 10.8 Å². The van der Waals surface area contributed by atoms with E-state index in [0.717, 1.165) is 25.1 Å². The molecule has 1 rings (SSSR count). The Hall–Kier alpha value is -0.600. The second-order valence-corrected chi connectivity index (χ2v) is 3.80. The first-order chi connectivity index (χ1) is 6.66. The van der Waals surface area contributed by atoms with Gasteiger partial charge in [-0.05, 0) is 18.6 Å². The minimum atomic E-state index is 0.0118. The lowest BCUT2D eigenvalue weighted by molar-refractivity contribution is 0.475. The molecule has 4 heteroatoms. The van der Waals surface area contributed by atoms with E-state index in [1.807, 2.05) is 0 Å². The number of phenols is 1. The fourth-order valence-corrected chi connectivity index (χ4v) is 1.47. The minimum absolute atomic E-state index is 0.0118. The predicted molar refractivity (Wildman–Crippen MR) is 61.5 cm³/mol. The molecule has 0 aliphatic carbocycles. The van der Waals surface area contributed by atoms with E-state index in [0.29, 0.717) is 5.02 Å². The van der Waals surface area contributed by atoms with Crippen LogP contribution in [0.2, 0.25) is 10.0 Å². The number of benzene rings is 1. The number of anilines is 1. The molecule has 2 N–H and O–H groups in total. The monoisotopic (exact) mass is 233 g/mol. The van der Waals surface area contributed by atoms with Crippen LogP contribution >= 0.6 is 23.2 Å². The maximum absolute atomic E-state index is 9.25. The Kier molecular flexibility index (Phi) is 4.36. The van der Waals surface area contributed by atoms with E-state index in [1.165, 1.54) is 6.07 Å². The fraction of sp³-hybridized carbons (Fsp3) is 0.400. The molecule has 0 heterocycles. The molecule has 0 amide bonds. The van der Waals surface area contributed by atoms with Crippen molar-refractivity contribution in [3.63, 3.8) is 0 Å². The zero-order valence-corrected chi connectivity index (χ0v) is 9.49. The highest BCUT2D eigenvalue weighted by atomic mass is 35.5. The van der Waals surface area contributed by atoms with Crippen molar-refractivity contribution in [1.29, 1.82) is 0 Å². The molecule has 1 aromatic carbocycles. The van der Waals surface area contributed by atoms with Crippen molar-refractivity contribution in [2.24, 2.45) is 0 Å². The Morgan fingerprint density at radius 1 is 1.29 bits per heavy atom. The second kappa shape index (κ2) is 5.32. The summed E-state index contributed by atoms with van der Waals surface area (Å²) in [6.07, 6.45) is 2.20. The van der Waals surface area contributed by atoms with Crippen LogP contribution in [-0.4, -0.2) is 11.7 Å². The number of rotatable bonds is 4. The van der Waals surface area contributed by atoms with Crippen LogP contribution in [-0.2, 0) is 0 Å². The Balaban J connectivity index is 2.73. The maximum atomic E-state index is 9.25. The number of halogens is 2. The van der Waals surface area contributed by atoms with Gasteiger partial charge in [-0.1, -0.05) is 36.5 Å². The Morgan fingerprint density at radius 3 is 2.64 bits per heavy atom. The van der Waals surface area contributed by atoms with Crippen LogP contribution in [0.5, 0.6) is 5.75 Å². The van der Waals surface area contributed by atoms with Crippen molar-refractivity contribution in [3.05, 3.63) is 22.2 Å². The van der Waals surface area contributed by atoms with Gasteiger partial charge in [0.25, 0.3) is 0 Å². The van der Waals surface area contributed by atoms with Gasteiger partial charge in [-0.15, -0.1) is 0 Å². The van der Waals surface area contributed by atoms with E-state index in [2.05, 4.69) is 12.2 Å². The zero-order valence-electron chi connectivity index (χ0n) is 7.98. The molecular formula is C10H13Cl2NO. The predicted octanol–water partition coefficient (Wildman–Crippen LogP) is 3.91. The molecule has 0 saturated carbocycles. The Labute approximate surface area is 93.8 Å². The SMILES string of the molecule is CCCCNc1ccc(O)c(Cl)c1Cl. The molecule has 78 valence electrons. The van der Waals surface area contributed by atoms with E-state index in [9.17, 15) is 5.11 Å². The van der Waals surface area contributed by atoms with Crippen LogP contribution in [0, 0.1) is 0 Å². The molecule has 0 aromatic heterocycles. The third-order valence-electron chi connectivity index (χ3n) is 1.91. The van der Waals surface area contributed by atoms with E-state index in [1.54, 1.807) is 6.07 Å². The minimum Gasteiger partial charge on any atom is -0.506 e. The summed E-state index contributed by atoms with van der Waals surface area (Å²) in [5.74, 6) is 0.0118. The van der Waals surface area contributed by atoms with Crippen molar-refractivity contribution < 1.29 is 5.11 Å². The van der Waals surface area contributed by atoms with Gasteiger partial charge in [0.2, 0.25) is 0 Å². The number of aromatic hydroxyl groups is 1. The molecule has 0 aliphatic rings. The van der Waals surface area contributed by atoms with Crippen LogP contribution in [0.4, 0.5) is 5.69 Å². The van der Waals surface area contributed by atoms with E-state index < -0.39 is 0 Å². The largest absolute Gasteiger partial charge is 0.506 e. The third-order valence-corrected chi connectivity index (χ3v) is 2.78. The highest BCUT2D eigenvalue weighted by molar-refractivity contribution is 6.44. The molecule has 0 fully saturated rings. The molecule has 14 heavy (non-hydrogen) atoms. The summed E-state index contributed by atoms with van der Waals surface area (Å²) in [6, 6.07) is 3.25. The molecule has 0 radical (unpaired) electrons. The molecule has 2 nitrogen and oxygen atoms in total. The standard InChI is InChI=1S/C10H13Cl2NO/c1-2-3-6-13-7-4-5-8(14)10(12)9(7)11/h4-5,13-14H,2-3,6H2,1H3. The molecule has 0 bridgehead atoms. The lowest BCUT2D eigenvalue weighted by atomic mass is 10.2. The summed E-state index contributed by atoms with van der Waals surface area (Å²) < 4.78 is 0. The fourth-order valence-electron chi connectivity index (χ4n) is 1.08. The lowest BCUT2D eigenvalue weighted by Crippen LogP contribution is -2.01. The van der Waals surface area contributed by atoms with Crippen molar-refractivity contribution in [2.75, 3.05) is 11.9 Å². The number of nitrogens with one attached hydrogen (secondary N) is 1. The summed E-state index contributed by atoms with van der Waals surface area (Å²) in [4.78, 5) is 0. The molecule has 0 spiro atoms. The molecule has 0 unspecified atom stereocenters. The van der Waals surface area contributed by atoms with Gasteiger partial charge < -0.3 is 10.4 Å². The first kappa shape index (κ1) is 11.5. The second-order valence-electron chi connectivity index (χ2n) is 3.04. The highest BCUT2D eigenvalue weighted by Crippen LogP contribution is 2.36. The topological polar surface area (TPSA) is 32.3 Å². The molecule has 0 atom stereocenters. The smallest absolute Gasteiger partial charge is 0.135 e. The van der Waals surface area contributed by atoms with Crippen LogP contribution in [0.1, 0.15) is 19.8 Å². The van der Waals surface area contributed by atoms with Crippen molar-refractivity contribution in [3.8, 4) is 5.75 Å². The lowest BCUT2D eigenvalue weighted by Gasteiger charge is -2.09. The average molecular weight is 234 g/mol. The van der Waals surface area contributed by atoms with Crippen LogP contribution < -0.4 is 5.32 Å². The molecule has 0 saturated heterocycles. The van der Waals surface area contributed by atoms with Crippen molar-refractivity contribution >= 4 is 28.9 Å². The van der Waals surface area contributed by atoms with Gasteiger partial charge in [0.1, 0.15) is 10.8 Å². The van der Waals surface area contributed by atoms with E-state index >= 15 is 0 Å². The quantitative estimate of drug-likeness (QED) is 0.611.